The number of imidazole rings is 1. The van der Waals surface area contributed by atoms with E-state index in [4.69, 9.17) is 4.74 Å². The zero-order valence-electron chi connectivity index (χ0n) is 19.3. The zero-order chi connectivity index (χ0) is 22.7. The van der Waals surface area contributed by atoms with E-state index in [0.29, 0.717) is 51.4 Å². The number of aryl methyl sites for hydroxylation is 2. The lowest BCUT2D eigenvalue weighted by Gasteiger charge is -2.45. The van der Waals surface area contributed by atoms with Crippen molar-refractivity contribution in [3.63, 3.8) is 0 Å². The Morgan fingerprint density at radius 3 is 2.72 bits per heavy atom. The number of ether oxygens (including phenoxy) is 1. The van der Waals surface area contributed by atoms with E-state index in [2.05, 4.69) is 43.2 Å². The Morgan fingerprint density at radius 1 is 1.25 bits per heavy atom. The summed E-state index contributed by atoms with van der Waals surface area (Å²) in [7, 11) is 0. The average Bonchev–Trinajstić information content (AvgIpc) is 3.27. The van der Waals surface area contributed by atoms with Crippen LogP contribution in [0.2, 0.25) is 0 Å². The van der Waals surface area contributed by atoms with Crippen LogP contribution in [-0.4, -0.2) is 52.0 Å². The molecule has 0 aliphatic carbocycles. The fourth-order valence-electron chi connectivity index (χ4n) is 4.70. The standard InChI is InChI=1S/C25H34N4O3/c1-18(2)16-27-23(31)21-17-29-15-12-26-24(29)25(32-21)10-13-28(14-11-25)22(30)9-8-20-7-5-4-6-19(20)3/h4-7,12,15,18,21H,8-11,13-14,16-17H2,1-3H3,(H,27,31). The highest BCUT2D eigenvalue weighted by Crippen LogP contribution is 2.40. The van der Waals surface area contributed by atoms with E-state index in [9.17, 15) is 9.59 Å². The molecule has 1 fully saturated rings. The molecule has 2 aliphatic heterocycles. The average molecular weight is 439 g/mol. The van der Waals surface area contributed by atoms with E-state index in [-0.39, 0.29) is 11.8 Å². The Labute approximate surface area is 190 Å². The highest BCUT2D eigenvalue weighted by atomic mass is 16.5. The number of piperidine rings is 1. The molecule has 32 heavy (non-hydrogen) atoms. The van der Waals surface area contributed by atoms with E-state index in [1.807, 2.05) is 27.8 Å². The van der Waals surface area contributed by atoms with Crippen molar-refractivity contribution in [3.05, 3.63) is 53.6 Å². The second-order valence-corrected chi connectivity index (χ2v) is 9.45. The molecule has 2 aliphatic rings. The summed E-state index contributed by atoms with van der Waals surface area (Å²) in [6.45, 7) is 8.55. The van der Waals surface area contributed by atoms with Crippen molar-refractivity contribution in [2.75, 3.05) is 19.6 Å². The number of amides is 2. The van der Waals surface area contributed by atoms with Crippen molar-refractivity contribution in [2.45, 2.75) is 64.7 Å². The lowest BCUT2D eigenvalue weighted by atomic mass is 9.88. The molecule has 2 aromatic rings. The maximum atomic E-state index is 12.9. The third-order valence-electron chi connectivity index (χ3n) is 6.62. The van der Waals surface area contributed by atoms with Gasteiger partial charge in [0.25, 0.3) is 5.91 Å². The molecule has 0 radical (unpaired) electrons. The summed E-state index contributed by atoms with van der Waals surface area (Å²) < 4.78 is 8.47. The minimum atomic E-state index is -0.617. The molecule has 2 amide bonds. The highest BCUT2D eigenvalue weighted by Gasteiger charge is 2.47. The highest BCUT2D eigenvalue weighted by molar-refractivity contribution is 5.81. The molecule has 172 valence electrons. The van der Waals surface area contributed by atoms with Crippen LogP contribution in [0.15, 0.2) is 36.7 Å². The molecule has 1 unspecified atom stereocenters. The molecule has 7 nitrogen and oxygen atoms in total. The summed E-state index contributed by atoms with van der Waals surface area (Å²) in [5.74, 6) is 1.36. The summed E-state index contributed by atoms with van der Waals surface area (Å²) in [5, 5.41) is 3.00. The Morgan fingerprint density at radius 2 is 2.00 bits per heavy atom. The second kappa shape index (κ2) is 9.45. The molecule has 1 saturated heterocycles. The van der Waals surface area contributed by atoms with Crippen molar-refractivity contribution in [1.29, 1.82) is 0 Å². The fourth-order valence-corrected chi connectivity index (χ4v) is 4.70. The number of nitrogens with one attached hydrogen (secondary N) is 1. The summed E-state index contributed by atoms with van der Waals surface area (Å²) in [6.07, 6.45) is 5.71. The fraction of sp³-hybridized carbons (Fsp3) is 0.560. The first kappa shape index (κ1) is 22.5. The number of rotatable bonds is 6. The third-order valence-corrected chi connectivity index (χ3v) is 6.62. The Balaban J connectivity index is 1.39. The zero-order valence-corrected chi connectivity index (χ0v) is 19.3. The van der Waals surface area contributed by atoms with Crippen molar-refractivity contribution >= 4 is 11.8 Å². The lowest BCUT2D eigenvalue weighted by Crippen LogP contribution is -2.55. The first-order valence-electron chi connectivity index (χ1n) is 11.7. The molecular formula is C25H34N4O3. The maximum Gasteiger partial charge on any atom is 0.251 e. The van der Waals surface area contributed by atoms with Crippen LogP contribution in [0, 0.1) is 12.8 Å². The van der Waals surface area contributed by atoms with Crippen LogP contribution in [-0.2, 0) is 32.9 Å². The number of carbonyl (C=O) groups is 2. The molecule has 1 N–H and O–H groups in total. The SMILES string of the molecule is Cc1ccccc1CCC(=O)N1CCC2(CC1)OC(C(=O)NCC(C)C)Cn1ccnc12. The first-order valence-corrected chi connectivity index (χ1v) is 11.7. The lowest BCUT2D eigenvalue weighted by molar-refractivity contribution is -0.176. The summed E-state index contributed by atoms with van der Waals surface area (Å²) in [4.78, 5) is 32.1. The van der Waals surface area contributed by atoms with Crippen LogP contribution in [0.3, 0.4) is 0 Å². The van der Waals surface area contributed by atoms with Crippen molar-refractivity contribution < 1.29 is 14.3 Å². The number of carbonyl (C=O) groups excluding carboxylic acids is 2. The van der Waals surface area contributed by atoms with Crippen LogP contribution < -0.4 is 5.32 Å². The van der Waals surface area contributed by atoms with E-state index in [0.717, 1.165) is 12.2 Å². The number of aromatic nitrogens is 2. The second-order valence-electron chi connectivity index (χ2n) is 9.45. The number of hydrogen-bond donors (Lipinski definition) is 1. The molecule has 0 bridgehead atoms. The predicted molar refractivity (Wildman–Crippen MR) is 122 cm³/mol. The molecule has 1 atom stereocenters. The number of benzene rings is 1. The topological polar surface area (TPSA) is 76.5 Å². The number of likely N-dealkylation sites (tertiary alicyclic amines) is 1. The molecule has 0 saturated carbocycles. The van der Waals surface area contributed by atoms with E-state index in [1.54, 1.807) is 6.20 Å². The van der Waals surface area contributed by atoms with Crippen LogP contribution in [0.5, 0.6) is 0 Å². The Kier molecular flexibility index (Phi) is 6.65. The summed E-state index contributed by atoms with van der Waals surface area (Å²) in [6, 6.07) is 8.22. The Hall–Kier alpha value is -2.67. The summed E-state index contributed by atoms with van der Waals surface area (Å²) >= 11 is 0. The molecule has 1 spiro atoms. The van der Waals surface area contributed by atoms with Crippen LogP contribution in [0.4, 0.5) is 0 Å². The normalized spacial score (nSPS) is 19.8. The van der Waals surface area contributed by atoms with Gasteiger partial charge in [-0.1, -0.05) is 38.1 Å². The quantitative estimate of drug-likeness (QED) is 0.753. The summed E-state index contributed by atoms with van der Waals surface area (Å²) in [5.41, 5.74) is 1.83. The number of fused-ring (bicyclic) bond motifs is 2. The van der Waals surface area contributed by atoms with Gasteiger partial charge in [-0.25, -0.2) is 4.98 Å². The van der Waals surface area contributed by atoms with Gasteiger partial charge in [-0.2, -0.15) is 0 Å². The van der Waals surface area contributed by atoms with Gasteiger partial charge >= 0.3 is 0 Å². The van der Waals surface area contributed by atoms with Gasteiger partial charge in [0.1, 0.15) is 11.4 Å². The largest absolute Gasteiger partial charge is 0.354 e. The van der Waals surface area contributed by atoms with Gasteiger partial charge in [0.05, 0.1) is 6.54 Å². The van der Waals surface area contributed by atoms with Gasteiger partial charge in [-0.05, 0) is 30.4 Å². The predicted octanol–water partition coefficient (Wildman–Crippen LogP) is 2.81. The van der Waals surface area contributed by atoms with Crippen molar-refractivity contribution in [3.8, 4) is 0 Å². The van der Waals surface area contributed by atoms with E-state index in [1.165, 1.54) is 11.1 Å². The Bertz CT molecular complexity index is 960. The molecule has 1 aromatic carbocycles. The molecular weight excluding hydrogens is 404 g/mol. The minimum absolute atomic E-state index is 0.0749. The molecule has 1 aromatic heterocycles. The minimum Gasteiger partial charge on any atom is -0.354 e. The van der Waals surface area contributed by atoms with Crippen LogP contribution >= 0.6 is 0 Å². The first-order chi connectivity index (χ1) is 15.4. The monoisotopic (exact) mass is 438 g/mol. The van der Waals surface area contributed by atoms with E-state index >= 15 is 0 Å². The van der Waals surface area contributed by atoms with Gasteiger partial charge in [0, 0.05) is 51.3 Å². The van der Waals surface area contributed by atoms with Gasteiger partial charge in [-0.3, -0.25) is 9.59 Å². The maximum absolute atomic E-state index is 12.9. The number of nitrogens with zero attached hydrogens (tertiary/aromatic N) is 3. The third kappa shape index (κ3) is 4.72. The van der Waals surface area contributed by atoms with Gasteiger partial charge in [0.2, 0.25) is 5.91 Å². The van der Waals surface area contributed by atoms with Gasteiger partial charge in [0.15, 0.2) is 6.10 Å². The molecule has 3 heterocycles. The smallest absolute Gasteiger partial charge is 0.251 e. The van der Waals surface area contributed by atoms with E-state index < -0.39 is 11.7 Å². The van der Waals surface area contributed by atoms with Crippen LogP contribution in [0.1, 0.15) is 50.1 Å². The molecule has 7 heteroatoms. The molecule has 4 rings (SSSR count). The van der Waals surface area contributed by atoms with Crippen molar-refractivity contribution in [2.24, 2.45) is 5.92 Å². The van der Waals surface area contributed by atoms with Crippen LogP contribution in [0.25, 0.3) is 0 Å². The van der Waals surface area contributed by atoms with Crippen molar-refractivity contribution in [1.82, 2.24) is 19.8 Å². The van der Waals surface area contributed by atoms with Gasteiger partial charge < -0.3 is 19.5 Å². The number of hydrogen-bond acceptors (Lipinski definition) is 4. The van der Waals surface area contributed by atoms with Gasteiger partial charge in [-0.15, -0.1) is 0 Å².